The van der Waals surface area contributed by atoms with Gasteiger partial charge in [0.05, 0.1) is 6.17 Å². The number of benzene rings is 1. The van der Waals surface area contributed by atoms with Crippen molar-refractivity contribution in [3.8, 4) is 0 Å². The molecule has 102 valence electrons. The molecule has 0 amide bonds. The largest absolute Gasteiger partial charge is 0.343 e. The number of aryl methyl sites for hydroxylation is 1. The second-order valence-corrected chi connectivity index (χ2v) is 5.63. The molecule has 0 radical (unpaired) electrons. The molecule has 1 fully saturated rings. The number of rotatable bonds is 1. The zero-order valence-electron chi connectivity index (χ0n) is 12.1. The molecule has 1 aromatic carbocycles. The second kappa shape index (κ2) is 4.89. The zero-order valence-corrected chi connectivity index (χ0v) is 12.1. The fraction of sp³-hybridized carbons (Fsp3) is 0.500. The molecule has 0 bridgehead atoms. The third-order valence-corrected chi connectivity index (χ3v) is 4.47. The van der Waals surface area contributed by atoms with Gasteiger partial charge >= 0.3 is 0 Å². The van der Waals surface area contributed by atoms with E-state index in [1.807, 2.05) is 0 Å². The molecule has 1 aliphatic heterocycles. The summed E-state index contributed by atoms with van der Waals surface area (Å²) >= 11 is 0. The van der Waals surface area contributed by atoms with E-state index in [0.29, 0.717) is 6.17 Å². The summed E-state index contributed by atoms with van der Waals surface area (Å²) in [7, 11) is 4.40. The third-order valence-electron chi connectivity index (χ3n) is 4.47. The minimum atomic E-state index is 0.463. The number of fused-ring (bicyclic) bond motifs is 1. The van der Waals surface area contributed by atoms with Crippen molar-refractivity contribution in [1.82, 2.24) is 9.47 Å². The van der Waals surface area contributed by atoms with Gasteiger partial charge in [0.25, 0.3) is 0 Å². The van der Waals surface area contributed by atoms with Crippen molar-refractivity contribution in [2.75, 3.05) is 25.0 Å². The molecule has 19 heavy (non-hydrogen) atoms. The summed E-state index contributed by atoms with van der Waals surface area (Å²) in [6, 6.07) is 11.0. The van der Waals surface area contributed by atoms with Gasteiger partial charge < -0.3 is 9.47 Å². The van der Waals surface area contributed by atoms with Crippen LogP contribution in [0.1, 0.15) is 19.8 Å². The first-order chi connectivity index (χ1) is 9.18. The van der Waals surface area contributed by atoms with Crippen LogP contribution in [0, 0.1) is 0 Å². The fourth-order valence-electron chi connectivity index (χ4n) is 3.11. The van der Waals surface area contributed by atoms with Crippen molar-refractivity contribution in [2.45, 2.75) is 25.9 Å². The molecular formula is C16H23N3. The molecule has 1 aliphatic rings. The summed E-state index contributed by atoms with van der Waals surface area (Å²) in [4.78, 5) is 4.98. The molecule has 3 heteroatoms. The van der Waals surface area contributed by atoms with Crippen LogP contribution in [-0.4, -0.2) is 35.8 Å². The summed E-state index contributed by atoms with van der Waals surface area (Å²) in [5, 5.41) is 1.33. The van der Waals surface area contributed by atoms with E-state index in [-0.39, 0.29) is 0 Å². The first-order valence-corrected chi connectivity index (χ1v) is 7.20. The van der Waals surface area contributed by atoms with E-state index in [1.54, 1.807) is 0 Å². The molecule has 1 aromatic heterocycles. The van der Waals surface area contributed by atoms with E-state index < -0.39 is 0 Å². The van der Waals surface area contributed by atoms with Crippen LogP contribution >= 0.6 is 0 Å². The van der Waals surface area contributed by atoms with Crippen LogP contribution in [-0.2, 0) is 7.05 Å². The molecule has 1 saturated heterocycles. The molecule has 3 rings (SSSR count). The average molecular weight is 257 g/mol. The lowest BCUT2D eigenvalue weighted by atomic mass is 10.2. The van der Waals surface area contributed by atoms with Crippen molar-refractivity contribution >= 4 is 16.7 Å². The Labute approximate surface area is 115 Å². The van der Waals surface area contributed by atoms with Gasteiger partial charge in [0.15, 0.2) is 0 Å². The summed E-state index contributed by atoms with van der Waals surface area (Å²) < 4.78 is 2.32. The molecule has 0 aliphatic carbocycles. The first kappa shape index (κ1) is 12.5. The maximum absolute atomic E-state index is 2.53. The van der Waals surface area contributed by atoms with Crippen LogP contribution in [0.15, 0.2) is 30.3 Å². The number of aromatic nitrogens is 1. The standard InChI is InChI=1S/C16H23N3/c1-13-17(2)10-6-7-11-19(13)16-12-14-8-4-5-9-15(14)18(16)3/h4-5,8-9,12-13H,6-7,10-11H2,1-3H3. The van der Waals surface area contributed by atoms with Crippen LogP contribution in [0.5, 0.6) is 0 Å². The van der Waals surface area contributed by atoms with Crippen LogP contribution < -0.4 is 4.90 Å². The van der Waals surface area contributed by atoms with Gasteiger partial charge in [-0.05, 0) is 45.5 Å². The Morgan fingerprint density at radius 1 is 1.05 bits per heavy atom. The maximum atomic E-state index is 2.53. The van der Waals surface area contributed by atoms with Gasteiger partial charge in [0.1, 0.15) is 5.82 Å². The van der Waals surface area contributed by atoms with Gasteiger partial charge in [-0.25, -0.2) is 0 Å². The topological polar surface area (TPSA) is 11.4 Å². The Balaban J connectivity index is 2.04. The van der Waals surface area contributed by atoms with Crippen molar-refractivity contribution in [3.63, 3.8) is 0 Å². The lowest BCUT2D eigenvalue weighted by Crippen LogP contribution is -2.44. The Hall–Kier alpha value is -1.48. The molecule has 0 saturated carbocycles. The fourth-order valence-corrected chi connectivity index (χ4v) is 3.11. The smallest absolute Gasteiger partial charge is 0.110 e. The van der Waals surface area contributed by atoms with E-state index >= 15 is 0 Å². The summed E-state index contributed by atoms with van der Waals surface area (Å²) in [5.41, 5.74) is 1.32. The number of anilines is 1. The Bertz CT molecular complexity index is 572. The van der Waals surface area contributed by atoms with Crippen LogP contribution in [0.25, 0.3) is 10.9 Å². The normalized spacial score (nSPS) is 21.8. The van der Waals surface area contributed by atoms with E-state index in [0.717, 1.165) is 6.54 Å². The number of para-hydroxylation sites is 1. The predicted molar refractivity (Wildman–Crippen MR) is 81.6 cm³/mol. The number of nitrogens with zero attached hydrogens (tertiary/aromatic N) is 3. The lowest BCUT2D eigenvalue weighted by molar-refractivity contribution is 0.265. The molecule has 0 spiro atoms. The highest BCUT2D eigenvalue weighted by molar-refractivity contribution is 5.85. The van der Waals surface area contributed by atoms with Gasteiger partial charge in [-0.2, -0.15) is 0 Å². The van der Waals surface area contributed by atoms with Gasteiger partial charge in [0, 0.05) is 24.5 Å². The maximum Gasteiger partial charge on any atom is 0.110 e. The molecule has 2 heterocycles. The zero-order chi connectivity index (χ0) is 13.4. The SMILES string of the molecule is CC1N(C)CCCCN1c1cc2ccccc2n1C. The van der Waals surface area contributed by atoms with Gasteiger partial charge in [-0.3, -0.25) is 4.90 Å². The Kier molecular flexibility index (Phi) is 3.23. The molecule has 2 aromatic rings. The predicted octanol–water partition coefficient (Wildman–Crippen LogP) is 3.06. The lowest BCUT2D eigenvalue weighted by Gasteiger charge is -2.34. The molecule has 1 unspecified atom stereocenters. The average Bonchev–Trinajstić information content (AvgIpc) is 2.66. The van der Waals surface area contributed by atoms with Crippen LogP contribution in [0.2, 0.25) is 0 Å². The van der Waals surface area contributed by atoms with Crippen molar-refractivity contribution < 1.29 is 0 Å². The van der Waals surface area contributed by atoms with E-state index in [1.165, 1.54) is 36.1 Å². The highest BCUT2D eigenvalue weighted by atomic mass is 15.4. The molecule has 3 nitrogen and oxygen atoms in total. The van der Waals surface area contributed by atoms with E-state index in [2.05, 4.69) is 65.7 Å². The van der Waals surface area contributed by atoms with Gasteiger partial charge in [0.2, 0.25) is 0 Å². The second-order valence-electron chi connectivity index (χ2n) is 5.63. The highest BCUT2D eigenvalue weighted by Gasteiger charge is 2.23. The first-order valence-electron chi connectivity index (χ1n) is 7.20. The highest BCUT2D eigenvalue weighted by Crippen LogP contribution is 2.28. The van der Waals surface area contributed by atoms with Crippen molar-refractivity contribution in [3.05, 3.63) is 30.3 Å². The number of hydrogen-bond donors (Lipinski definition) is 0. The van der Waals surface area contributed by atoms with Crippen molar-refractivity contribution in [2.24, 2.45) is 7.05 Å². The Morgan fingerprint density at radius 3 is 2.58 bits per heavy atom. The van der Waals surface area contributed by atoms with E-state index in [9.17, 15) is 0 Å². The minimum Gasteiger partial charge on any atom is -0.343 e. The minimum absolute atomic E-state index is 0.463. The monoisotopic (exact) mass is 257 g/mol. The summed E-state index contributed by atoms with van der Waals surface area (Å²) in [5.74, 6) is 1.34. The quantitative estimate of drug-likeness (QED) is 0.778. The van der Waals surface area contributed by atoms with Gasteiger partial charge in [-0.1, -0.05) is 18.2 Å². The summed E-state index contributed by atoms with van der Waals surface area (Å²) in [6.07, 6.45) is 3.03. The van der Waals surface area contributed by atoms with Crippen molar-refractivity contribution in [1.29, 1.82) is 0 Å². The van der Waals surface area contributed by atoms with E-state index in [4.69, 9.17) is 0 Å². The number of hydrogen-bond acceptors (Lipinski definition) is 2. The summed E-state index contributed by atoms with van der Waals surface area (Å²) in [6.45, 7) is 4.65. The third kappa shape index (κ3) is 2.12. The van der Waals surface area contributed by atoms with Crippen LogP contribution in [0.3, 0.4) is 0 Å². The molecular weight excluding hydrogens is 234 g/mol. The Morgan fingerprint density at radius 2 is 1.79 bits per heavy atom. The molecule has 0 N–H and O–H groups in total. The van der Waals surface area contributed by atoms with Crippen LogP contribution in [0.4, 0.5) is 5.82 Å². The molecule has 1 atom stereocenters. The van der Waals surface area contributed by atoms with Gasteiger partial charge in [-0.15, -0.1) is 0 Å².